The van der Waals surface area contributed by atoms with Crippen LogP contribution < -0.4 is 10.1 Å². The maximum atomic E-state index is 12.3. The summed E-state index contributed by atoms with van der Waals surface area (Å²) in [6, 6.07) is 7.15. The van der Waals surface area contributed by atoms with E-state index in [1.807, 2.05) is 13.0 Å². The van der Waals surface area contributed by atoms with E-state index in [1.54, 1.807) is 18.2 Å². The average Bonchev–Trinajstić information content (AvgIpc) is 2.48. The number of nitrogens with one attached hydrogen (secondary N) is 1. The monoisotopic (exact) mass is 291 g/mol. The van der Waals surface area contributed by atoms with E-state index in [9.17, 15) is 14.7 Å². The maximum Gasteiger partial charge on any atom is 0.307 e. The fraction of sp³-hybridized carbons (Fsp3) is 0.500. The number of hydrogen-bond acceptors (Lipinski definition) is 3. The van der Waals surface area contributed by atoms with Crippen molar-refractivity contribution in [1.82, 2.24) is 0 Å². The van der Waals surface area contributed by atoms with Crippen molar-refractivity contribution in [3.05, 3.63) is 24.3 Å². The van der Waals surface area contributed by atoms with Crippen LogP contribution in [0.2, 0.25) is 0 Å². The number of aliphatic carboxylic acids is 1. The van der Waals surface area contributed by atoms with E-state index in [-0.39, 0.29) is 5.91 Å². The maximum absolute atomic E-state index is 12.3. The lowest BCUT2D eigenvalue weighted by molar-refractivity contribution is -0.147. The number of hydrogen-bond donors (Lipinski definition) is 2. The van der Waals surface area contributed by atoms with Gasteiger partial charge in [-0.1, -0.05) is 18.9 Å². The highest BCUT2D eigenvalue weighted by Gasteiger charge is 2.35. The van der Waals surface area contributed by atoms with Gasteiger partial charge in [0.05, 0.1) is 18.4 Å². The number of ether oxygens (including phenoxy) is 1. The van der Waals surface area contributed by atoms with Gasteiger partial charge in [0, 0.05) is 11.8 Å². The number of amides is 1. The molecular formula is C16H21NO4. The first-order valence-corrected chi connectivity index (χ1v) is 7.38. The Bertz CT molecular complexity index is 515. The molecule has 1 saturated carbocycles. The highest BCUT2D eigenvalue weighted by Crippen LogP contribution is 2.31. The number of benzene rings is 1. The number of carboxylic acid groups (broad SMARTS) is 1. The molecule has 0 heterocycles. The SMILES string of the molecule is CCOc1cccc(NC(=O)C2CCCCC2C(=O)O)c1. The Hall–Kier alpha value is -2.04. The van der Waals surface area contributed by atoms with Crippen molar-refractivity contribution in [1.29, 1.82) is 0 Å². The van der Waals surface area contributed by atoms with Crippen LogP contribution in [-0.4, -0.2) is 23.6 Å². The first-order chi connectivity index (χ1) is 10.1. The molecule has 1 fully saturated rings. The lowest BCUT2D eigenvalue weighted by Gasteiger charge is -2.27. The standard InChI is InChI=1S/C16H21NO4/c1-2-21-12-7-5-6-11(10-12)17-15(18)13-8-3-4-9-14(13)16(19)20/h5-7,10,13-14H,2-4,8-9H2,1H3,(H,17,18)(H,19,20). The molecule has 2 N–H and O–H groups in total. The van der Waals surface area contributed by atoms with Crippen molar-refractivity contribution in [3.8, 4) is 5.75 Å². The average molecular weight is 291 g/mol. The van der Waals surface area contributed by atoms with E-state index in [2.05, 4.69) is 5.32 Å². The predicted octanol–water partition coefficient (Wildman–Crippen LogP) is 2.91. The highest BCUT2D eigenvalue weighted by atomic mass is 16.5. The molecule has 2 rings (SSSR count). The van der Waals surface area contributed by atoms with Gasteiger partial charge in [0.1, 0.15) is 5.75 Å². The van der Waals surface area contributed by atoms with Crippen LogP contribution >= 0.6 is 0 Å². The molecule has 0 spiro atoms. The summed E-state index contributed by atoms with van der Waals surface area (Å²) < 4.78 is 5.39. The largest absolute Gasteiger partial charge is 0.494 e. The van der Waals surface area contributed by atoms with Gasteiger partial charge in [-0.3, -0.25) is 9.59 Å². The van der Waals surface area contributed by atoms with Gasteiger partial charge >= 0.3 is 5.97 Å². The van der Waals surface area contributed by atoms with Crippen molar-refractivity contribution >= 4 is 17.6 Å². The molecule has 5 nitrogen and oxygen atoms in total. The normalized spacial score (nSPS) is 21.6. The fourth-order valence-corrected chi connectivity index (χ4v) is 2.81. The molecule has 0 aliphatic heterocycles. The molecule has 1 amide bonds. The zero-order chi connectivity index (χ0) is 15.2. The van der Waals surface area contributed by atoms with E-state index in [4.69, 9.17) is 4.74 Å². The minimum absolute atomic E-state index is 0.212. The van der Waals surface area contributed by atoms with E-state index >= 15 is 0 Å². The molecule has 2 atom stereocenters. The number of carbonyl (C=O) groups excluding carboxylic acids is 1. The Morgan fingerprint density at radius 3 is 2.67 bits per heavy atom. The van der Waals surface area contributed by atoms with Crippen molar-refractivity contribution in [2.45, 2.75) is 32.6 Å². The molecule has 0 bridgehead atoms. The fourth-order valence-electron chi connectivity index (χ4n) is 2.81. The Labute approximate surface area is 124 Å². The second-order valence-electron chi connectivity index (χ2n) is 5.29. The molecule has 114 valence electrons. The van der Waals surface area contributed by atoms with E-state index in [0.29, 0.717) is 30.9 Å². The Morgan fingerprint density at radius 1 is 1.29 bits per heavy atom. The topological polar surface area (TPSA) is 75.6 Å². The zero-order valence-corrected chi connectivity index (χ0v) is 12.2. The smallest absolute Gasteiger partial charge is 0.307 e. The minimum atomic E-state index is -0.877. The van der Waals surface area contributed by atoms with E-state index in [0.717, 1.165) is 12.8 Å². The molecule has 1 aliphatic rings. The minimum Gasteiger partial charge on any atom is -0.494 e. The molecule has 1 aliphatic carbocycles. The Morgan fingerprint density at radius 2 is 2.00 bits per heavy atom. The van der Waals surface area contributed by atoms with Gasteiger partial charge in [-0.15, -0.1) is 0 Å². The van der Waals surface area contributed by atoms with E-state index < -0.39 is 17.8 Å². The van der Waals surface area contributed by atoms with Crippen LogP contribution in [0.1, 0.15) is 32.6 Å². The van der Waals surface area contributed by atoms with Gasteiger partial charge in [0.25, 0.3) is 0 Å². The van der Waals surface area contributed by atoms with Crippen LogP contribution in [0.5, 0.6) is 5.75 Å². The molecule has 2 unspecified atom stereocenters. The van der Waals surface area contributed by atoms with Gasteiger partial charge in [-0.2, -0.15) is 0 Å². The van der Waals surface area contributed by atoms with Crippen LogP contribution in [0.3, 0.4) is 0 Å². The van der Waals surface area contributed by atoms with Gasteiger partial charge < -0.3 is 15.2 Å². The molecule has 5 heteroatoms. The van der Waals surface area contributed by atoms with Crippen molar-refractivity contribution in [2.75, 3.05) is 11.9 Å². The molecule has 1 aromatic carbocycles. The summed E-state index contributed by atoms with van der Waals surface area (Å²) in [5.74, 6) is -1.43. The van der Waals surface area contributed by atoms with Crippen LogP contribution in [0.25, 0.3) is 0 Å². The number of carbonyl (C=O) groups is 2. The lowest BCUT2D eigenvalue weighted by Crippen LogP contribution is -2.36. The summed E-state index contributed by atoms with van der Waals surface area (Å²) in [5.41, 5.74) is 0.640. The summed E-state index contributed by atoms with van der Waals surface area (Å²) in [7, 11) is 0. The van der Waals surface area contributed by atoms with Crippen LogP contribution in [-0.2, 0) is 9.59 Å². The second kappa shape index (κ2) is 7.11. The third-order valence-corrected chi connectivity index (χ3v) is 3.83. The van der Waals surface area contributed by atoms with Crippen molar-refractivity contribution in [2.24, 2.45) is 11.8 Å². The molecule has 1 aromatic rings. The van der Waals surface area contributed by atoms with Gasteiger partial charge in [-0.25, -0.2) is 0 Å². The van der Waals surface area contributed by atoms with Crippen molar-refractivity contribution < 1.29 is 19.4 Å². The molecule has 21 heavy (non-hydrogen) atoms. The van der Waals surface area contributed by atoms with Gasteiger partial charge in [-0.05, 0) is 31.9 Å². The lowest BCUT2D eigenvalue weighted by atomic mass is 9.78. The number of anilines is 1. The first-order valence-electron chi connectivity index (χ1n) is 7.38. The third kappa shape index (κ3) is 3.97. The molecule has 0 aromatic heterocycles. The summed E-state index contributed by atoms with van der Waals surface area (Å²) in [6.07, 6.45) is 2.99. The quantitative estimate of drug-likeness (QED) is 0.874. The molecular weight excluding hydrogens is 270 g/mol. The number of rotatable bonds is 5. The zero-order valence-electron chi connectivity index (χ0n) is 12.2. The Balaban J connectivity index is 2.05. The second-order valence-corrected chi connectivity index (χ2v) is 5.29. The summed E-state index contributed by atoms with van der Waals surface area (Å²) in [4.78, 5) is 23.6. The van der Waals surface area contributed by atoms with Crippen LogP contribution in [0.15, 0.2) is 24.3 Å². The molecule has 0 radical (unpaired) electrons. The van der Waals surface area contributed by atoms with Gasteiger partial charge in [0.2, 0.25) is 5.91 Å². The van der Waals surface area contributed by atoms with Crippen LogP contribution in [0.4, 0.5) is 5.69 Å². The van der Waals surface area contributed by atoms with Gasteiger partial charge in [0.15, 0.2) is 0 Å². The number of carboxylic acids is 1. The Kier molecular flexibility index (Phi) is 5.20. The highest BCUT2D eigenvalue weighted by molar-refractivity contribution is 5.95. The van der Waals surface area contributed by atoms with Crippen molar-refractivity contribution in [3.63, 3.8) is 0 Å². The third-order valence-electron chi connectivity index (χ3n) is 3.83. The predicted molar refractivity (Wildman–Crippen MR) is 79.3 cm³/mol. The molecule has 0 saturated heterocycles. The summed E-state index contributed by atoms with van der Waals surface area (Å²) in [6.45, 7) is 2.45. The first kappa shape index (κ1) is 15.4. The van der Waals surface area contributed by atoms with Crippen LogP contribution in [0, 0.1) is 11.8 Å². The summed E-state index contributed by atoms with van der Waals surface area (Å²) in [5, 5.41) is 12.1. The van der Waals surface area contributed by atoms with E-state index in [1.165, 1.54) is 0 Å². The summed E-state index contributed by atoms with van der Waals surface area (Å²) >= 11 is 0.